The lowest BCUT2D eigenvalue weighted by molar-refractivity contribution is 0.0996. The molecule has 2 heterocycles. The SMILES string of the molecule is CCc1cn(-c2ccnc(C(N)=O)c2-c2ccccc2)cn1. The highest BCUT2D eigenvalue weighted by Gasteiger charge is 2.17. The quantitative estimate of drug-likeness (QED) is 0.803. The number of aryl methyl sites for hydroxylation is 1. The van der Waals surface area contributed by atoms with Gasteiger partial charge in [-0.1, -0.05) is 37.3 Å². The summed E-state index contributed by atoms with van der Waals surface area (Å²) in [6.07, 6.45) is 6.13. The fraction of sp³-hybridized carbons (Fsp3) is 0.118. The predicted molar refractivity (Wildman–Crippen MR) is 84.7 cm³/mol. The summed E-state index contributed by atoms with van der Waals surface area (Å²) in [5.41, 5.74) is 9.19. The number of aromatic nitrogens is 3. The Bertz CT molecular complexity index is 809. The number of amides is 1. The highest BCUT2D eigenvalue weighted by Crippen LogP contribution is 2.29. The minimum atomic E-state index is -0.545. The van der Waals surface area contributed by atoms with Crippen molar-refractivity contribution in [2.24, 2.45) is 5.73 Å². The lowest BCUT2D eigenvalue weighted by atomic mass is 10.0. The second-order valence-electron chi connectivity index (χ2n) is 4.91. The molecule has 1 amide bonds. The van der Waals surface area contributed by atoms with Crippen LogP contribution in [-0.2, 0) is 6.42 Å². The molecule has 1 aromatic carbocycles. The van der Waals surface area contributed by atoms with Gasteiger partial charge < -0.3 is 10.3 Å². The van der Waals surface area contributed by atoms with Gasteiger partial charge >= 0.3 is 0 Å². The van der Waals surface area contributed by atoms with E-state index >= 15 is 0 Å². The van der Waals surface area contributed by atoms with Crippen LogP contribution in [0.2, 0.25) is 0 Å². The van der Waals surface area contributed by atoms with E-state index in [2.05, 4.69) is 9.97 Å². The Labute approximate surface area is 128 Å². The number of imidazole rings is 1. The zero-order valence-corrected chi connectivity index (χ0v) is 12.2. The number of primary amides is 1. The maximum absolute atomic E-state index is 11.8. The molecule has 0 spiro atoms. The Kier molecular flexibility index (Phi) is 3.70. The van der Waals surface area contributed by atoms with Crippen LogP contribution in [0, 0.1) is 0 Å². The van der Waals surface area contributed by atoms with E-state index in [4.69, 9.17) is 5.73 Å². The standard InChI is InChI=1S/C17H16N4O/c1-2-13-10-21(11-20-13)14-8-9-19-16(17(18)22)15(14)12-6-4-3-5-7-12/h3-11H,2H2,1H3,(H2,18,22). The first-order chi connectivity index (χ1) is 10.7. The van der Waals surface area contributed by atoms with Crippen LogP contribution >= 0.6 is 0 Å². The summed E-state index contributed by atoms with van der Waals surface area (Å²) >= 11 is 0. The number of carbonyl (C=O) groups excluding carboxylic acids is 1. The first-order valence-corrected chi connectivity index (χ1v) is 7.08. The first-order valence-electron chi connectivity index (χ1n) is 7.08. The molecule has 0 atom stereocenters. The Hall–Kier alpha value is -2.95. The van der Waals surface area contributed by atoms with Gasteiger partial charge in [-0.05, 0) is 18.1 Å². The number of nitrogens with two attached hydrogens (primary N) is 1. The summed E-state index contributed by atoms with van der Waals surface area (Å²) < 4.78 is 1.90. The number of nitrogens with zero attached hydrogens (tertiary/aromatic N) is 3. The molecule has 0 saturated carbocycles. The molecule has 5 nitrogen and oxygen atoms in total. The third kappa shape index (κ3) is 2.48. The molecule has 0 fully saturated rings. The summed E-state index contributed by atoms with van der Waals surface area (Å²) in [6, 6.07) is 11.5. The minimum Gasteiger partial charge on any atom is -0.364 e. The number of carbonyl (C=O) groups is 1. The number of hydrogen-bond donors (Lipinski definition) is 1. The molecule has 0 bridgehead atoms. The molecule has 0 unspecified atom stereocenters. The zero-order chi connectivity index (χ0) is 15.5. The normalized spacial score (nSPS) is 10.6. The summed E-state index contributed by atoms with van der Waals surface area (Å²) in [7, 11) is 0. The van der Waals surface area contributed by atoms with Crippen LogP contribution in [0.1, 0.15) is 23.1 Å². The molecule has 0 aliphatic heterocycles. The molecule has 110 valence electrons. The highest BCUT2D eigenvalue weighted by molar-refractivity contribution is 6.00. The highest BCUT2D eigenvalue weighted by atomic mass is 16.1. The van der Waals surface area contributed by atoms with Gasteiger partial charge in [-0.2, -0.15) is 0 Å². The monoisotopic (exact) mass is 292 g/mol. The van der Waals surface area contributed by atoms with Gasteiger partial charge in [0.25, 0.3) is 5.91 Å². The molecule has 22 heavy (non-hydrogen) atoms. The molecule has 0 saturated heterocycles. The number of rotatable bonds is 4. The fourth-order valence-electron chi connectivity index (χ4n) is 2.42. The van der Waals surface area contributed by atoms with Gasteiger partial charge in [-0.3, -0.25) is 9.78 Å². The van der Waals surface area contributed by atoms with E-state index in [0.717, 1.165) is 28.9 Å². The van der Waals surface area contributed by atoms with Crippen molar-refractivity contribution in [1.82, 2.24) is 14.5 Å². The van der Waals surface area contributed by atoms with Crippen molar-refractivity contribution in [3.8, 4) is 16.8 Å². The van der Waals surface area contributed by atoms with Crippen molar-refractivity contribution in [3.63, 3.8) is 0 Å². The molecule has 2 N–H and O–H groups in total. The van der Waals surface area contributed by atoms with E-state index in [1.807, 2.05) is 54.1 Å². The molecule has 0 aliphatic carbocycles. The Balaban J connectivity index is 2.26. The van der Waals surface area contributed by atoms with Crippen molar-refractivity contribution in [2.75, 3.05) is 0 Å². The Morgan fingerprint density at radius 3 is 2.59 bits per heavy atom. The maximum atomic E-state index is 11.8. The van der Waals surface area contributed by atoms with Gasteiger partial charge in [-0.15, -0.1) is 0 Å². The van der Waals surface area contributed by atoms with Crippen molar-refractivity contribution in [1.29, 1.82) is 0 Å². The van der Waals surface area contributed by atoms with Crippen molar-refractivity contribution in [2.45, 2.75) is 13.3 Å². The van der Waals surface area contributed by atoms with Crippen LogP contribution in [0.25, 0.3) is 16.8 Å². The van der Waals surface area contributed by atoms with E-state index in [-0.39, 0.29) is 5.69 Å². The number of pyridine rings is 1. The van der Waals surface area contributed by atoms with E-state index in [1.54, 1.807) is 12.5 Å². The zero-order valence-electron chi connectivity index (χ0n) is 12.2. The van der Waals surface area contributed by atoms with Crippen LogP contribution in [0.4, 0.5) is 0 Å². The van der Waals surface area contributed by atoms with Gasteiger partial charge in [0, 0.05) is 18.0 Å². The predicted octanol–water partition coefficient (Wildman–Crippen LogP) is 2.60. The van der Waals surface area contributed by atoms with Crippen LogP contribution < -0.4 is 5.73 Å². The maximum Gasteiger partial charge on any atom is 0.268 e. The molecule has 0 radical (unpaired) electrons. The van der Waals surface area contributed by atoms with Crippen molar-refractivity contribution >= 4 is 5.91 Å². The van der Waals surface area contributed by atoms with E-state index in [0.29, 0.717) is 0 Å². The van der Waals surface area contributed by atoms with E-state index in [9.17, 15) is 4.79 Å². The first kappa shape index (κ1) is 14.0. The molecule has 2 aromatic heterocycles. The van der Waals surface area contributed by atoms with E-state index in [1.165, 1.54) is 0 Å². The summed E-state index contributed by atoms with van der Waals surface area (Å²) in [4.78, 5) is 20.3. The molecule has 3 rings (SSSR count). The van der Waals surface area contributed by atoms with Crippen LogP contribution in [-0.4, -0.2) is 20.4 Å². The second-order valence-corrected chi connectivity index (χ2v) is 4.91. The third-order valence-corrected chi connectivity index (χ3v) is 3.50. The largest absolute Gasteiger partial charge is 0.364 e. The van der Waals surface area contributed by atoms with Crippen molar-refractivity contribution in [3.05, 3.63) is 66.5 Å². The van der Waals surface area contributed by atoms with Gasteiger partial charge in [-0.25, -0.2) is 4.98 Å². The Morgan fingerprint density at radius 1 is 1.18 bits per heavy atom. The number of hydrogen-bond acceptors (Lipinski definition) is 3. The van der Waals surface area contributed by atoms with Gasteiger partial charge in [0.1, 0.15) is 5.69 Å². The second kappa shape index (κ2) is 5.81. The summed E-state index contributed by atoms with van der Waals surface area (Å²) in [6.45, 7) is 2.05. The topological polar surface area (TPSA) is 73.8 Å². The molecular weight excluding hydrogens is 276 g/mol. The van der Waals surface area contributed by atoms with Gasteiger partial charge in [0.15, 0.2) is 0 Å². The lowest BCUT2D eigenvalue weighted by Crippen LogP contribution is -2.15. The molecular formula is C17H16N4O. The average Bonchev–Trinajstić information content (AvgIpc) is 3.04. The Morgan fingerprint density at radius 2 is 1.95 bits per heavy atom. The number of benzene rings is 1. The average molecular weight is 292 g/mol. The molecule has 5 heteroatoms. The van der Waals surface area contributed by atoms with Crippen LogP contribution in [0.3, 0.4) is 0 Å². The summed E-state index contributed by atoms with van der Waals surface area (Å²) in [5.74, 6) is -0.545. The molecule has 0 aliphatic rings. The van der Waals surface area contributed by atoms with Gasteiger partial charge in [0.05, 0.1) is 17.7 Å². The van der Waals surface area contributed by atoms with Crippen molar-refractivity contribution < 1.29 is 4.79 Å². The smallest absolute Gasteiger partial charge is 0.268 e. The van der Waals surface area contributed by atoms with Gasteiger partial charge in [0.2, 0.25) is 0 Å². The third-order valence-electron chi connectivity index (χ3n) is 3.50. The fourth-order valence-corrected chi connectivity index (χ4v) is 2.42. The molecule has 3 aromatic rings. The van der Waals surface area contributed by atoms with Crippen LogP contribution in [0.5, 0.6) is 0 Å². The lowest BCUT2D eigenvalue weighted by Gasteiger charge is -2.13. The van der Waals surface area contributed by atoms with E-state index < -0.39 is 5.91 Å². The minimum absolute atomic E-state index is 0.260. The summed E-state index contributed by atoms with van der Waals surface area (Å²) in [5, 5.41) is 0. The van der Waals surface area contributed by atoms with Crippen LogP contribution in [0.15, 0.2) is 55.1 Å².